The standard InChI is InChI=1S/C19H23N5O2/c1-22-16(5-10-21-22)24-13-8-19(18(24)26)6-11-23(12-7-19)17(25)14-15-4-2-3-9-20-15/h2-5,9-10H,6-8,11-14H2,1H3. The summed E-state index contributed by atoms with van der Waals surface area (Å²) in [5, 5.41) is 4.17. The SMILES string of the molecule is Cn1nccc1N1CCC2(CCN(C(=O)Cc3ccccn3)CC2)C1=O. The quantitative estimate of drug-likeness (QED) is 0.836. The molecule has 0 saturated carbocycles. The zero-order valence-corrected chi connectivity index (χ0v) is 15.0. The normalized spacial score (nSPS) is 19.3. The Bertz CT molecular complexity index is 808. The summed E-state index contributed by atoms with van der Waals surface area (Å²) in [6.45, 7) is 1.99. The van der Waals surface area contributed by atoms with Gasteiger partial charge < -0.3 is 4.90 Å². The monoisotopic (exact) mass is 353 g/mol. The molecule has 0 unspecified atom stereocenters. The fourth-order valence-electron chi connectivity index (χ4n) is 4.09. The summed E-state index contributed by atoms with van der Waals surface area (Å²) in [5.74, 6) is 1.12. The Labute approximate surface area is 152 Å². The summed E-state index contributed by atoms with van der Waals surface area (Å²) in [7, 11) is 1.85. The van der Waals surface area contributed by atoms with E-state index in [2.05, 4.69) is 10.1 Å². The average Bonchev–Trinajstić information content (AvgIpc) is 3.21. The van der Waals surface area contributed by atoms with Crippen LogP contribution in [0.25, 0.3) is 0 Å². The van der Waals surface area contributed by atoms with E-state index >= 15 is 0 Å². The lowest BCUT2D eigenvalue weighted by Crippen LogP contribution is -2.47. The van der Waals surface area contributed by atoms with Crippen LogP contribution in [-0.2, 0) is 23.1 Å². The van der Waals surface area contributed by atoms with Gasteiger partial charge in [-0.05, 0) is 31.4 Å². The molecule has 4 rings (SSSR count). The molecule has 0 aromatic carbocycles. The number of hydrogen-bond donors (Lipinski definition) is 0. The molecule has 7 heteroatoms. The van der Waals surface area contributed by atoms with E-state index in [0.29, 0.717) is 19.5 Å². The van der Waals surface area contributed by atoms with Gasteiger partial charge in [-0.2, -0.15) is 5.10 Å². The smallest absolute Gasteiger partial charge is 0.234 e. The van der Waals surface area contributed by atoms with E-state index in [9.17, 15) is 9.59 Å². The number of hydrogen-bond acceptors (Lipinski definition) is 4. The molecule has 4 heterocycles. The molecule has 0 radical (unpaired) electrons. The first kappa shape index (κ1) is 16.8. The molecule has 2 saturated heterocycles. The molecule has 26 heavy (non-hydrogen) atoms. The summed E-state index contributed by atoms with van der Waals surface area (Å²) < 4.78 is 1.74. The van der Waals surface area contributed by atoms with Gasteiger partial charge in [-0.3, -0.25) is 24.2 Å². The number of carbonyl (C=O) groups excluding carboxylic acids is 2. The number of amides is 2. The van der Waals surface area contributed by atoms with Gasteiger partial charge in [0.25, 0.3) is 0 Å². The van der Waals surface area contributed by atoms with Crippen molar-refractivity contribution in [2.75, 3.05) is 24.5 Å². The van der Waals surface area contributed by atoms with Gasteiger partial charge in [0.05, 0.1) is 18.0 Å². The Morgan fingerprint density at radius 2 is 1.88 bits per heavy atom. The minimum absolute atomic E-state index is 0.0903. The van der Waals surface area contributed by atoms with Gasteiger partial charge in [-0.1, -0.05) is 6.07 Å². The van der Waals surface area contributed by atoms with Gasteiger partial charge in [-0.25, -0.2) is 0 Å². The maximum atomic E-state index is 13.1. The lowest BCUT2D eigenvalue weighted by molar-refractivity contribution is -0.137. The van der Waals surface area contributed by atoms with E-state index < -0.39 is 0 Å². The summed E-state index contributed by atoms with van der Waals surface area (Å²) in [5.41, 5.74) is 0.462. The van der Waals surface area contributed by atoms with E-state index in [1.54, 1.807) is 17.1 Å². The van der Waals surface area contributed by atoms with Crippen LogP contribution < -0.4 is 4.90 Å². The molecule has 136 valence electrons. The van der Waals surface area contributed by atoms with E-state index in [-0.39, 0.29) is 17.2 Å². The van der Waals surface area contributed by atoms with Crippen LogP contribution in [0.4, 0.5) is 5.82 Å². The number of carbonyl (C=O) groups is 2. The molecule has 0 aliphatic carbocycles. The number of likely N-dealkylation sites (tertiary alicyclic amines) is 1. The number of aromatic nitrogens is 3. The van der Waals surface area contributed by atoms with Gasteiger partial charge in [0, 0.05) is 44.6 Å². The minimum Gasteiger partial charge on any atom is -0.342 e. The Kier molecular flexibility index (Phi) is 4.22. The van der Waals surface area contributed by atoms with Crippen LogP contribution in [0.1, 0.15) is 25.0 Å². The molecule has 1 spiro atoms. The third-order valence-electron chi connectivity index (χ3n) is 5.72. The molecular weight excluding hydrogens is 330 g/mol. The van der Waals surface area contributed by atoms with Crippen LogP contribution in [0, 0.1) is 5.41 Å². The fraction of sp³-hybridized carbons (Fsp3) is 0.474. The van der Waals surface area contributed by atoms with Gasteiger partial charge in [-0.15, -0.1) is 0 Å². The molecule has 0 bridgehead atoms. The van der Waals surface area contributed by atoms with Crippen LogP contribution in [-0.4, -0.2) is 51.1 Å². The van der Waals surface area contributed by atoms with Crippen molar-refractivity contribution in [3.63, 3.8) is 0 Å². The molecular formula is C19H23N5O2. The summed E-state index contributed by atoms with van der Waals surface area (Å²) in [6.07, 6.45) is 6.05. The fourth-order valence-corrected chi connectivity index (χ4v) is 4.09. The van der Waals surface area contributed by atoms with Crippen molar-refractivity contribution in [2.24, 2.45) is 12.5 Å². The van der Waals surface area contributed by atoms with Crippen LogP contribution in [0.15, 0.2) is 36.7 Å². The van der Waals surface area contributed by atoms with Gasteiger partial charge >= 0.3 is 0 Å². The Morgan fingerprint density at radius 1 is 1.12 bits per heavy atom. The first-order valence-corrected chi connectivity index (χ1v) is 9.07. The Balaban J connectivity index is 1.39. The van der Waals surface area contributed by atoms with E-state index in [0.717, 1.165) is 37.3 Å². The zero-order valence-electron chi connectivity index (χ0n) is 15.0. The third-order valence-corrected chi connectivity index (χ3v) is 5.72. The van der Waals surface area contributed by atoms with Crippen molar-refractivity contribution >= 4 is 17.6 Å². The van der Waals surface area contributed by atoms with E-state index in [4.69, 9.17) is 0 Å². The van der Waals surface area contributed by atoms with Crippen LogP contribution in [0.3, 0.4) is 0 Å². The predicted molar refractivity (Wildman–Crippen MR) is 96.4 cm³/mol. The van der Waals surface area contributed by atoms with Crippen molar-refractivity contribution in [1.29, 1.82) is 0 Å². The minimum atomic E-state index is -0.327. The highest BCUT2D eigenvalue weighted by Gasteiger charge is 2.49. The second kappa shape index (κ2) is 6.55. The molecule has 2 amide bonds. The zero-order chi connectivity index (χ0) is 18.1. The number of nitrogens with zero attached hydrogens (tertiary/aromatic N) is 5. The summed E-state index contributed by atoms with van der Waals surface area (Å²) in [6, 6.07) is 7.49. The summed E-state index contributed by atoms with van der Waals surface area (Å²) in [4.78, 5) is 33.5. The van der Waals surface area contributed by atoms with Crippen LogP contribution in [0.5, 0.6) is 0 Å². The molecule has 2 aromatic rings. The van der Waals surface area contributed by atoms with Crippen molar-refractivity contribution in [1.82, 2.24) is 19.7 Å². The first-order chi connectivity index (χ1) is 12.6. The topological polar surface area (TPSA) is 71.3 Å². The summed E-state index contributed by atoms with van der Waals surface area (Å²) >= 11 is 0. The highest BCUT2D eigenvalue weighted by molar-refractivity contribution is 5.99. The van der Waals surface area contributed by atoms with Gasteiger partial charge in [0.1, 0.15) is 5.82 Å². The van der Waals surface area contributed by atoms with Gasteiger partial charge in [0.15, 0.2) is 0 Å². The Morgan fingerprint density at radius 3 is 2.54 bits per heavy atom. The van der Waals surface area contributed by atoms with Crippen molar-refractivity contribution in [3.05, 3.63) is 42.4 Å². The van der Waals surface area contributed by atoms with Crippen molar-refractivity contribution < 1.29 is 9.59 Å². The second-order valence-electron chi connectivity index (χ2n) is 7.18. The number of rotatable bonds is 3. The largest absolute Gasteiger partial charge is 0.342 e. The Hall–Kier alpha value is -2.70. The van der Waals surface area contributed by atoms with Crippen LogP contribution in [0.2, 0.25) is 0 Å². The highest BCUT2D eigenvalue weighted by Crippen LogP contribution is 2.43. The molecule has 0 atom stereocenters. The molecule has 2 aliphatic heterocycles. The van der Waals surface area contributed by atoms with Crippen LogP contribution >= 0.6 is 0 Å². The number of pyridine rings is 1. The highest BCUT2D eigenvalue weighted by atomic mass is 16.2. The molecule has 2 aliphatic rings. The molecule has 2 aromatic heterocycles. The number of aryl methyl sites for hydroxylation is 1. The van der Waals surface area contributed by atoms with E-state index in [1.165, 1.54) is 0 Å². The lowest BCUT2D eigenvalue weighted by Gasteiger charge is -2.38. The second-order valence-corrected chi connectivity index (χ2v) is 7.18. The number of piperidine rings is 1. The van der Waals surface area contributed by atoms with E-state index in [1.807, 2.05) is 41.1 Å². The van der Waals surface area contributed by atoms with Crippen molar-refractivity contribution in [2.45, 2.75) is 25.7 Å². The maximum Gasteiger partial charge on any atom is 0.234 e. The molecule has 0 N–H and O–H groups in total. The average molecular weight is 353 g/mol. The lowest BCUT2D eigenvalue weighted by atomic mass is 9.77. The van der Waals surface area contributed by atoms with Gasteiger partial charge in [0.2, 0.25) is 11.8 Å². The first-order valence-electron chi connectivity index (χ1n) is 9.07. The molecule has 2 fully saturated rings. The molecule has 7 nitrogen and oxygen atoms in total. The third kappa shape index (κ3) is 2.87. The number of anilines is 1. The maximum absolute atomic E-state index is 13.1. The van der Waals surface area contributed by atoms with Crippen molar-refractivity contribution in [3.8, 4) is 0 Å². The predicted octanol–water partition coefficient (Wildman–Crippen LogP) is 1.40.